The molecule has 2 rings (SSSR count). The molecule has 19 heavy (non-hydrogen) atoms. The molecule has 2 atom stereocenters. The predicted molar refractivity (Wildman–Crippen MR) is 79.1 cm³/mol. The molecule has 8 heteroatoms. The zero-order valence-corrected chi connectivity index (χ0v) is 12.7. The minimum absolute atomic E-state index is 0.157. The van der Waals surface area contributed by atoms with Crippen LogP contribution in [0, 0.1) is 0 Å². The first-order chi connectivity index (χ1) is 9.00. The van der Waals surface area contributed by atoms with E-state index in [0.717, 1.165) is 19.4 Å². The number of rotatable bonds is 5. The summed E-state index contributed by atoms with van der Waals surface area (Å²) < 4.78 is 12.0. The van der Waals surface area contributed by atoms with Crippen molar-refractivity contribution in [1.82, 2.24) is 7.87 Å². The minimum atomic E-state index is -2.68. The number of para-hydroxylation sites is 1. The van der Waals surface area contributed by atoms with Crippen LogP contribution in [-0.2, 0) is 15.8 Å². The first-order valence-electron chi connectivity index (χ1n) is 5.39. The van der Waals surface area contributed by atoms with Gasteiger partial charge in [0.05, 0.1) is 22.9 Å². The Bertz CT molecular complexity index is 630. The molecule has 0 aliphatic heterocycles. The molecule has 6 nitrogen and oxygen atoms in total. The Balaban J connectivity index is 2.31. The maximum absolute atomic E-state index is 11.2. The number of aliphatic carboxylic acids is 1. The SMILES string of the molecule is O=C(O)C(Cc1c[nH]c2ccccc12)N(I)[P+](=O)O. The number of hydrogen-bond acceptors (Lipinski definition) is 2. The second-order valence-corrected chi connectivity index (χ2v) is 6.70. The van der Waals surface area contributed by atoms with Crippen LogP contribution >= 0.6 is 31.0 Å². The van der Waals surface area contributed by atoms with Crippen LogP contribution in [0.15, 0.2) is 30.5 Å². The number of carboxylic acids is 1. The molecule has 0 bridgehead atoms. The number of benzene rings is 1. The van der Waals surface area contributed by atoms with Crippen molar-refractivity contribution in [3.8, 4) is 0 Å². The Labute approximate surface area is 123 Å². The second kappa shape index (κ2) is 5.96. The van der Waals surface area contributed by atoms with Gasteiger partial charge in [-0.1, -0.05) is 18.2 Å². The highest BCUT2D eigenvalue weighted by Crippen LogP contribution is 2.32. The van der Waals surface area contributed by atoms with Crippen molar-refractivity contribution in [1.29, 1.82) is 0 Å². The van der Waals surface area contributed by atoms with Crippen molar-refractivity contribution in [2.75, 3.05) is 0 Å². The van der Waals surface area contributed by atoms with Crippen molar-refractivity contribution >= 4 is 47.9 Å². The van der Waals surface area contributed by atoms with Gasteiger partial charge in [0.1, 0.15) is 0 Å². The Kier molecular flexibility index (Phi) is 4.51. The van der Waals surface area contributed by atoms with E-state index in [1.807, 2.05) is 24.3 Å². The van der Waals surface area contributed by atoms with Gasteiger partial charge < -0.3 is 10.1 Å². The third-order valence-corrected chi connectivity index (χ3v) is 5.18. The molecule has 0 amide bonds. The molecule has 100 valence electrons. The van der Waals surface area contributed by atoms with Crippen LogP contribution in [0.4, 0.5) is 0 Å². The molecular weight excluding hydrogens is 382 g/mol. The lowest BCUT2D eigenvalue weighted by atomic mass is 10.1. The molecule has 0 fully saturated rings. The molecule has 2 unspecified atom stereocenters. The molecule has 1 aromatic heterocycles. The van der Waals surface area contributed by atoms with Gasteiger partial charge in [0, 0.05) is 26.4 Å². The molecule has 2 aromatic rings. The maximum atomic E-state index is 11.2. The number of aromatic amines is 1. The van der Waals surface area contributed by atoms with Crippen molar-refractivity contribution in [2.24, 2.45) is 0 Å². The van der Waals surface area contributed by atoms with Gasteiger partial charge in [-0.25, -0.2) is 0 Å². The summed E-state index contributed by atoms with van der Waals surface area (Å²) in [6, 6.07) is 6.48. The highest BCUT2D eigenvalue weighted by molar-refractivity contribution is 14.1. The molecule has 0 saturated heterocycles. The van der Waals surface area contributed by atoms with Gasteiger partial charge in [0.15, 0.2) is 6.04 Å². The molecule has 0 aliphatic rings. The average molecular weight is 393 g/mol. The van der Waals surface area contributed by atoms with Crippen LogP contribution in [-0.4, -0.2) is 29.9 Å². The van der Waals surface area contributed by atoms with E-state index in [4.69, 9.17) is 10.00 Å². The van der Waals surface area contributed by atoms with E-state index in [0.29, 0.717) is 0 Å². The lowest BCUT2D eigenvalue weighted by molar-refractivity contribution is -0.140. The number of aromatic nitrogens is 1. The van der Waals surface area contributed by atoms with Crippen LogP contribution in [0.25, 0.3) is 10.9 Å². The van der Waals surface area contributed by atoms with E-state index in [1.165, 1.54) is 0 Å². The standard InChI is InChI=1S/C11H10IN2O4P/c12-14(19(17)18)10(11(15)16)5-7-6-13-9-4-2-1-3-8(7)9/h1-4,6,10,13H,5H2,(H-,15,16,17,18)/p+1. The highest BCUT2D eigenvalue weighted by atomic mass is 127. The number of H-pyrrole nitrogens is 1. The molecule has 3 N–H and O–H groups in total. The van der Waals surface area contributed by atoms with Crippen molar-refractivity contribution in [2.45, 2.75) is 12.5 Å². The van der Waals surface area contributed by atoms with E-state index in [-0.39, 0.29) is 6.42 Å². The normalized spacial score (nSPS) is 13.7. The second-order valence-electron chi connectivity index (χ2n) is 3.96. The van der Waals surface area contributed by atoms with Gasteiger partial charge in [-0.2, -0.15) is 0 Å². The number of halogens is 1. The fourth-order valence-corrected chi connectivity index (χ4v) is 2.74. The number of nitrogens with one attached hydrogen (secondary N) is 1. The predicted octanol–water partition coefficient (Wildman–Crippen LogP) is 2.47. The summed E-state index contributed by atoms with van der Waals surface area (Å²) >= 11 is 1.57. The number of nitrogens with zero attached hydrogens (tertiary/aromatic N) is 1. The van der Waals surface area contributed by atoms with E-state index >= 15 is 0 Å². The van der Waals surface area contributed by atoms with Crippen LogP contribution in [0.5, 0.6) is 0 Å². The van der Waals surface area contributed by atoms with Gasteiger partial charge in [0.25, 0.3) is 0 Å². The van der Waals surface area contributed by atoms with E-state index in [1.54, 1.807) is 29.1 Å². The van der Waals surface area contributed by atoms with Crippen LogP contribution in [0.1, 0.15) is 5.56 Å². The van der Waals surface area contributed by atoms with Gasteiger partial charge in [-0.15, -0.1) is 4.89 Å². The first kappa shape index (κ1) is 14.4. The summed E-state index contributed by atoms with van der Waals surface area (Å²) in [7, 11) is -2.68. The van der Waals surface area contributed by atoms with Gasteiger partial charge >= 0.3 is 14.1 Å². The number of hydrogen-bond donors (Lipinski definition) is 3. The van der Waals surface area contributed by atoms with Crippen molar-refractivity contribution < 1.29 is 19.4 Å². The highest BCUT2D eigenvalue weighted by Gasteiger charge is 2.37. The fraction of sp³-hybridized carbons (Fsp3) is 0.182. The lowest BCUT2D eigenvalue weighted by Crippen LogP contribution is -2.32. The Morgan fingerprint density at radius 1 is 1.47 bits per heavy atom. The van der Waals surface area contributed by atoms with E-state index in [2.05, 4.69) is 4.98 Å². The Hall–Kier alpha value is -1.02. The number of carbonyl (C=O) groups is 1. The largest absolute Gasteiger partial charge is 0.623 e. The quantitative estimate of drug-likeness (QED) is 0.412. The first-order valence-corrected chi connectivity index (χ1v) is 7.52. The summed E-state index contributed by atoms with van der Waals surface area (Å²) in [6.45, 7) is 0. The maximum Gasteiger partial charge on any atom is 0.623 e. The van der Waals surface area contributed by atoms with Crippen molar-refractivity contribution in [3.63, 3.8) is 0 Å². The van der Waals surface area contributed by atoms with Crippen LogP contribution in [0.3, 0.4) is 0 Å². The third-order valence-electron chi connectivity index (χ3n) is 2.79. The third kappa shape index (κ3) is 3.11. The van der Waals surface area contributed by atoms with Gasteiger partial charge in [0.2, 0.25) is 0 Å². The molecule has 0 saturated carbocycles. The monoisotopic (exact) mass is 393 g/mol. The summed E-state index contributed by atoms with van der Waals surface area (Å²) in [5, 5.41) is 10.1. The molecule has 0 radical (unpaired) electrons. The Morgan fingerprint density at radius 3 is 2.79 bits per heavy atom. The van der Waals surface area contributed by atoms with Crippen LogP contribution < -0.4 is 0 Å². The Morgan fingerprint density at radius 2 is 2.16 bits per heavy atom. The summed E-state index contributed by atoms with van der Waals surface area (Å²) in [4.78, 5) is 23.3. The van der Waals surface area contributed by atoms with Crippen molar-refractivity contribution in [3.05, 3.63) is 36.0 Å². The number of fused-ring (bicyclic) bond motifs is 1. The summed E-state index contributed by atoms with van der Waals surface area (Å²) in [5.74, 6) is -1.13. The molecule has 1 aromatic carbocycles. The fourth-order valence-electron chi connectivity index (χ4n) is 1.88. The topological polar surface area (TPSA) is 93.6 Å². The van der Waals surface area contributed by atoms with E-state index in [9.17, 15) is 9.36 Å². The van der Waals surface area contributed by atoms with Gasteiger partial charge in [-0.05, 0) is 16.2 Å². The molecule has 0 aliphatic carbocycles. The smallest absolute Gasteiger partial charge is 0.480 e. The lowest BCUT2D eigenvalue weighted by Gasteiger charge is -2.11. The summed E-state index contributed by atoms with van der Waals surface area (Å²) in [6.07, 6.45) is 1.89. The molecular formula is C11H11IN2O4P+. The zero-order chi connectivity index (χ0) is 14.0. The zero-order valence-electron chi connectivity index (χ0n) is 9.65. The summed E-state index contributed by atoms with van der Waals surface area (Å²) in [5.41, 5.74) is 1.72. The minimum Gasteiger partial charge on any atom is -0.480 e. The average Bonchev–Trinajstić information content (AvgIpc) is 2.78. The van der Waals surface area contributed by atoms with Gasteiger partial charge in [-0.3, -0.25) is 4.79 Å². The molecule has 0 spiro atoms. The molecule has 1 heterocycles. The van der Waals surface area contributed by atoms with Crippen LogP contribution in [0.2, 0.25) is 0 Å². The number of carboxylic acid groups (broad SMARTS) is 1. The van der Waals surface area contributed by atoms with E-state index < -0.39 is 20.2 Å².